The maximum Gasteiger partial charge on any atom is 0.409 e. The van der Waals surface area contributed by atoms with E-state index in [9.17, 15) is 4.79 Å². The van der Waals surface area contributed by atoms with Crippen LogP contribution in [-0.2, 0) is 4.74 Å². The zero-order valence-electron chi connectivity index (χ0n) is 13.7. The Kier molecular flexibility index (Phi) is 4.85. The van der Waals surface area contributed by atoms with Gasteiger partial charge in [-0.25, -0.2) is 4.79 Å². The fourth-order valence-electron chi connectivity index (χ4n) is 2.93. The number of hydrogen-bond acceptors (Lipinski definition) is 4. The van der Waals surface area contributed by atoms with Gasteiger partial charge in [-0.15, -0.1) is 0 Å². The number of nitrogens with zero attached hydrogens (tertiary/aromatic N) is 2. The first-order valence-corrected chi connectivity index (χ1v) is 8.22. The minimum Gasteiger partial charge on any atom is -0.490 e. The van der Waals surface area contributed by atoms with Crippen molar-refractivity contribution in [1.29, 1.82) is 5.26 Å². The second-order valence-electron chi connectivity index (χ2n) is 5.84. The molecule has 0 aromatic heterocycles. The zero-order valence-corrected chi connectivity index (χ0v) is 13.7. The summed E-state index contributed by atoms with van der Waals surface area (Å²) in [7, 11) is 0. The van der Waals surface area contributed by atoms with E-state index in [0.29, 0.717) is 25.3 Å². The maximum atomic E-state index is 11.7. The van der Waals surface area contributed by atoms with E-state index in [1.54, 1.807) is 4.90 Å². The Bertz CT molecular complexity index is 774. The molecule has 0 saturated carbocycles. The Morgan fingerprint density at radius 2 is 1.92 bits per heavy atom. The van der Waals surface area contributed by atoms with Crippen LogP contribution in [-0.4, -0.2) is 36.8 Å². The summed E-state index contributed by atoms with van der Waals surface area (Å²) in [5.41, 5.74) is 0.655. The van der Waals surface area contributed by atoms with E-state index < -0.39 is 0 Å². The molecule has 5 nitrogen and oxygen atoms in total. The number of rotatable bonds is 3. The Balaban J connectivity index is 1.62. The molecular formula is C19H20N2O3. The predicted molar refractivity (Wildman–Crippen MR) is 90.9 cm³/mol. The van der Waals surface area contributed by atoms with Crippen LogP contribution in [0.25, 0.3) is 10.8 Å². The molecule has 2 aromatic carbocycles. The third-order valence-electron chi connectivity index (χ3n) is 4.21. The van der Waals surface area contributed by atoms with Gasteiger partial charge in [-0.3, -0.25) is 0 Å². The van der Waals surface area contributed by atoms with Gasteiger partial charge in [0.2, 0.25) is 0 Å². The van der Waals surface area contributed by atoms with Crippen molar-refractivity contribution in [2.24, 2.45) is 0 Å². The maximum absolute atomic E-state index is 11.7. The summed E-state index contributed by atoms with van der Waals surface area (Å²) in [6.45, 7) is 3.53. The van der Waals surface area contributed by atoms with Gasteiger partial charge in [0.25, 0.3) is 0 Å². The molecule has 1 amide bonds. The lowest BCUT2D eigenvalue weighted by molar-refractivity contribution is 0.0704. The normalized spacial score (nSPS) is 15.1. The molecule has 1 fully saturated rings. The highest BCUT2D eigenvalue weighted by Crippen LogP contribution is 2.25. The standard InChI is InChI=1S/C19H20N2O3/c1-2-23-19(22)21-9-7-17(8-10-21)24-18-6-5-15-11-14(13-20)3-4-16(15)12-18/h3-6,11-12,17H,2,7-10H2,1H3. The average Bonchev–Trinajstić information content (AvgIpc) is 2.62. The van der Waals surface area contributed by atoms with E-state index in [1.165, 1.54) is 0 Å². The Morgan fingerprint density at radius 1 is 1.21 bits per heavy atom. The number of likely N-dealkylation sites (tertiary alicyclic amines) is 1. The van der Waals surface area contributed by atoms with E-state index in [2.05, 4.69) is 6.07 Å². The lowest BCUT2D eigenvalue weighted by atomic mass is 10.1. The molecule has 24 heavy (non-hydrogen) atoms. The molecule has 0 N–H and O–H groups in total. The van der Waals surface area contributed by atoms with E-state index in [4.69, 9.17) is 14.7 Å². The first-order chi connectivity index (χ1) is 11.7. The first kappa shape index (κ1) is 16.1. The summed E-state index contributed by atoms with van der Waals surface area (Å²) in [5, 5.41) is 11.0. The highest BCUT2D eigenvalue weighted by Gasteiger charge is 2.24. The zero-order chi connectivity index (χ0) is 16.9. The number of fused-ring (bicyclic) bond motifs is 1. The number of carbonyl (C=O) groups excluding carboxylic acids is 1. The van der Waals surface area contributed by atoms with Crippen molar-refractivity contribution in [2.75, 3.05) is 19.7 Å². The number of ether oxygens (including phenoxy) is 2. The van der Waals surface area contributed by atoms with E-state index in [0.717, 1.165) is 29.4 Å². The third kappa shape index (κ3) is 3.60. The van der Waals surface area contributed by atoms with Crippen LogP contribution < -0.4 is 4.74 Å². The van der Waals surface area contributed by atoms with Crippen molar-refractivity contribution >= 4 is 16.9 Å². The van der Waals surface area contributed by atoms with Gasteiger partial charge in [0.15, 0.2) is 0 Å². The summed E-state index contributed by atoms with van der Waals surface area (Å²) in [6.07, 6.45) is 1.45. The summed E-state index contributed by atoms with van der Waals surface area (Å²) < 4.78 is 11.1. The molecule has 3 rings (SSSR count). The van der Waals surface area contributed by atoms with Crippen molar-refractivity contribution in [1.82, 2.24) is 4.90 Å². The smallest absolute Gasteiger partial charge is 0.409 e. The molecular weight excluding hydrogens is 304 g/mol. The number of carbonyl (C=O) groups is 1. The van der Waals surface area contributed by atoms with Gasteiger partial charge in [0.05, 0.1) is 18.2 Å². The van der Waals surface area contributed by atoms with Crippen LogP contribution in [0.1, 0.15) is 25.3 Å². The molecule has 0 bridgehead atoms. The predicted octanol–water partition coefficient (Wildman–Crippen LogP) is 3.71. The number of nitriles is 1. The molecule has 1 aliphatic heterocycles. The van der Waals surface area contributed by atoms with Crippen molar-refractivity contribution in [3.05, 3.63) is 42.0 Å². The van der Waals surface area contributed by atoms with Crippen LogP contribution >= 0.6 is 0 Å². The SMILES string of the molecule is CCOC(=O)N1CCC(Oc2ccc3cc(C#N)ccc3c2)CC1. The molecule has 0 spiro atoms. The van der Waals surface area contributed by atoms with Crippen LogP contribution in [0, 0.1) is 11.3 Å². The Morgan fingerprint density at radius 3 is 2.62 bits per heavy atom. The summed E-state index contributed by atoms with van der Waals surface area (Å²) in [5.74, 6) is 0.821. The van der Waals surface area contributed by atoms with Crippen molar-refractivity contribution in [2.45, 2.75) is 25.9 Å². The molecule has 2 aromatic rings. The molecule has 1 heterocycles. The molecule has 0 radical (unpaired) electrons. The van der Waals surface area contributed by atoms with Gasteiger partial charge in [-0.2, -0.15) is 5.26 Å². The van der Waals surface area contributed by atoms with E-state index >= 15 is 0 Å². The fourth-order valence-corrected chi connectivity index (χ4v) is 2.93. The van der Waals surface area contributed by atoms with Crippen LogP contribution in [0.3, 0.4) is 0 Å². The largest absolute Gasteiger partial charge is 0.490 e. The molecule has 1 aliphatic rings. The highest BCUT2D eigenvalue weighted by molar-refractivity contribution is 5.85. The highest BCUT2D eigenvalue weighted by atomic mass is 16.6. The van der Waals surface area contributed by atoms with Gasteiger partial charge in [-0.05, 0) is 42.0 Å². The van der Waals surface area contributed by atoms with Crippen LogP contribution in [0.2, 0.25) is 0 Å². The number of benzene rings is 2. The topological polar surface area (TPSA) is 62.6 Å². The summed E-state index contributed by atoms with van der Waals surface area (Å²) in [4.78, 5) is 13.4. The van der Waals surface area contributed by atoms with Gasteiger partial charge in [0.1, 0.15) is 11.9 Å². The van der Waals surface area contributed by atoms with E-state index in [-0.39, 0.29) is 12.2 Å². The minimum absolute atomic E-state index is 0.103. The lowest BCUT2D eigenvalue weighted by Gasteiger charge is -2.31. The van der Waals surface area contributed by atoms with Crippen LogP contribution in [0.4, 0.5) is 4.79 Å². The third-order valence-corrected chi connectivity index (χ3v) is 4.21. The van der Waals surface area contributed by atoms with Crippen molar-refractivity contribution in [3.63, 3.8) is 0 Å². The van der Waals surface area contributed by atoms with Crippen LogP contribution in [0.5, 0.6) is 5.75 Å². The second-order valence-corrected chi connectivity index (χ2v) is 5.84. The molecule has 124 valence electrons. The van der Waals surface area contributed by atoms with E-state index in [1.807, 2.05) is 43.3 Å². The average molecular weight is 324 g/mol. The molecule has 1 saturated heterocycles. The number of piperidine rings is 1. The summed E-state index contributed by atoms with van der Waals surface area (Å²) >= 11 is 0. The number of hydrogen-bond donors (Lipinski definition) is 0. The van der Waals surface area contributed by atoms with Gasteiger partial charge < -0.3 is 14.4 Å². The second kappa shape index (κ2) is 7.22. The number of amides is 1. The van der Waals surface area contributed by atoms with Gasteiger partial charge in [-0.1, -0.05) is 12.1 Å². The van der Waals surface area contributed by atoms with Gasteiger partial charge in [0, 0.05) is 25.9 Å². The minimum atomic E-state index is -0.241. The van der Waals surface area contributed by atoms with Crippen molar-refractivity contribution in [3.8, 4) is 11.8 Å². The van der Waals surface area contributed by atoms with Crippen LogP contribution in [0.15, 0.2) is 36.4 Å². The first-order valence-electron chi connectivity index (χ1n) is 8.22. The Hall–Kier alpha value is -2.74. The molecule has 5 heteroatoms. The molecule has 0 unspecified atom stereocenters. The van der Waals surface area contributed by atoms with Gasteiger partial charge >= 0.3 is 6.09 Å². The van der Waals surface area contributed by atoms with Crippen molar-refractivity contribution < 1.29 is 14.3 Å². The monoisotopic (exact) mass is 324 g/mol. The fraction of sp³-hybridized carbons (Fsp3) is 0.368. The molecule has 0 aliphatic carbocycles. The summed E-state index contributed by atoms with van der Waals surface area (Å²) in [6, 6.07) is 13.7. The Labute approximate surface area is 141 Å². The quantitative estimate of drug-likeness (QED) is 0.863. The molecule has 0 atom stereocenters. The lowest BCUT2D eigenvalue weighted by Crippen LogP contribution is -2.42.